The highest BCUT2D eigenvalue weighted by atomic mass is 19.4. The zero-order valence-corrected chi connectivity index (χ0v) is 12.0. The summed E-state index contributed by atoms with van der Waals surface area (Å²) in [5, 5.41) is 4.09. The highest BCUT2D eigenvalue weighted by Crippen LogP contribution is 2.14. The Balaban J connectivity index is 2.27. The van der Waals surface area contributed by atoms with E-state index in [2.05, 4.69) is 5.32 Å². The molecule has 0 atom stereocenters. The minimum atomic E-state index is -4.91. The second kappa shape index (κ2) is 8.26. The predicted octanol–water partition coefficient (Wildman–Crippen LogP) is 1.42. The van der Waals surface area contributed by atoms with Gasteiger partial charge in [-0.1, -0.05) is 12.1 Å². The van der Waals surface area contributed by atoms with Crippen LogP contribution in [0.3, 0.4) is 0 Å². The van der Waals surface area contributed by atoms with Crippen LogP contribution in [0.2, 0.25) is 0 Å². The maximum atomic E-state index is 11.9. The molecule has 0 radical (unpaired) electrons. The number of carbonyl (C=O) groups is 2. The molecule has 122 valence electrons. The van der Waals surface area contributed by atoms with Gasteiger partial charge in [0.25, 0.3) is 0 Å². The van der Waals surface area contributed by atoms with E-state index in [0.29, 0.717) is 12.4 Å². The van der Waals surface area contributed by atoms with Gasteiger partial charge in [-0.25, -0.2) is 0 Å². The molecular formula is C14H17F3N2O3. The van der Waals surface area contributed by atoms with E-state index in [0.717, 1.165) is 5.56 Å². The second-order valence-electron chi connectivity index (χ2n) is 4.36. The van der Waals surface area contributed by atoms with Crippen molar-refractivity contribution < 1.29 is 27.5 Å². The van der Waals surface area contributed by atoms with Gasteiger partial charge in [0.15, 0.2) is 0 Å². The van der Waals surface area contributed by atoms with Crippen LogP contribution in [0.25, 0.3) is 0 Å². The topological polar surface area (TPSA) is 67.4 Å². The first-order valence-electron chi connectivity index (χ1n) is 6.66. The summed E-state index contributed by atoms with van der Waals surface area (Å²) in [6.45, 7) is 2.05. The van der Waals surface area contributed by atoms with Crippen LogP contribution >= 0.6 is 0 Å². The minimum absolute atomic E-state index is 0.0717. The molecule has 0 aliphatic carbocycles. The van der Waals surface area contributed by atoms with Crippen molar-refractivity contribution in [2.75, 3.05) is 19.7 Å². The van der Waals surface area contributed by atoms with E-state index < -0.39 is 12.1 Å². The van der Waals surface area contributed by atoms with Crippen LogP contribution in [-0.2, 0) is 16.0 Å². The summed E-state index contributed by atoms with van der Waals surface area (Å²) in [7, 11) is 0. The zero-order valence-electron chi connectivity index (χ0n) is 12.0. The predicted molar refractivity (Wildman–Crippen MR) is 73.4 cm³/mol. The third-order valence-corrected chi connectivity index (χ3v) is 2.59. The largest absolute Gasteiger partial charge is 0.494 e. The summed E-state index contributed by atoms with van der Waals surface area (Å²) >= 11 is 0. The summed E-state index contributed by atoms with van der Waals surface area (Å²) in [6.07, 6.45) is -4.81. The van der Waals surface area contributed by atoms with Crippen molar-refractivity contribution in [3.05, 3.63) is 29.8 Å². The number of alkyl halides is 3. The van der Waals surface area contributed by atoms with Crippen molar-refractivity contribution in [3.63, 3.8) is 0 Å². The number of amides is 2. The van der Waals surface area contributed by atoms with Crippen molar-refractivity contribution in [1.82, 2.24) is 10.6 Å². The summed E-state index contributed by atoms with van der Waals surface area (Å²) in [5.74, 6) is -1.67. The Labute approximate surface area is 125 Å². The lowest BCUT2D eigenvalue weighted by Gasteiger charge is -2.09. The van der Waals surface area contributed by atoms with Crippen LogP contribution in [0.4, 0.5) is 13.2 Å². The normalized spacial score (nSPS) is 10.9. The average Bonchev–Trinajstić information content (AvgIpc) is 2.44. The molecule has 1 rings (SSSR count). The van der Waals surface area contributed by atoms with Crippen molar-refractivity contribution in [2.24, 2.45) is 0 Å². The number of hydrogen-bond donors (Lipinski definition) is 2. The van der Waals surface area contributed by atoms with Crippen molar-refractivity contribution in [1.29, 1.82) is 0 Å². The van der Waals surface area contributed by atoms with Gasteiger partial charge in [0.1, 0.15) is 5.75 Å². The second-order valence-corrected chi connectivity index (χ2v) is 4.36. The van der Waals surface area contributed by atoms with Gasteiger partial charge in [0.05, 0.1) is 13.0 Å². The number of halogens is 3. The van der Waals surface area contributed by atoms with E-state index >= 15 is 0 Å². The third kappa shape index (κ3) is 6.47. The Bertz CT molecular complexity index is 501. The molecule has 1 aromatic rings. The maximum Gasteiger partial charge on any atom is 0.471 e. The first kappa shape index (κ1) is 17.8. The molecule has 0 bridgehead atoms. The highest BCUT2D eigenvalue weighted by molar-refractivity contribution is 5.82. The first-order chi connectivity index (χ1) is 10.3. The highest BCUT2D eigenvalue weighted by Gasteiger charge is 2.38. The zero-order chi connectivity index (χ0) is 16.6. The molecular weight excluding hydrogens is 301 g/mol. The summed E-state index contributed by atoms with van der Waals surface area (Å²) < 4.78 is 41.0. The number of carbonyl (C=O) groups excluding carboxylic acids is 2. The number of rotatable bonds is 7. The quantitative estimate of drug-likeness (QED) is 0.747. The van der Waals surface area contributed by atoms with Crippen molar-refractivity contribution in [3.8, 4) is 5.75 Å². The molecule has 0 aliphatic heterocycles. The van der Waals surface area contributed by atoms with E-state index in [1.807, 2.05) is 6.92 Å². The molecule has 22 heavy (non-hydrogen) atoms. The van der Waals surface area contributed by atoms with Gasteiger partial charge in [-0.2, -0.15) is 13.2 Å². The van der Waals surface area contributed by atoms with Gasteiger partial charge < -0.3 is 15.4 Å². The SMILES string of the molecule is CCOc1ccc(CC(=O)NCCNC(=O)C(F)(F)F)cc1. The molecule has 0 heterocycles. The van der Waals surface area contributed by atoms with Gasteiger partial charge in [-0.15, -0.1) is 0 Å². The van der Waals surface area contributed by atoms with Crippen molar-refractivity contribution in [2.45, 2.75) is 19.5 Å². The van der Waals surface area contributed by atoms with Gasteiger partial charge in [0.2, 0.25) is 5.91 Å². The molecule has 0 aromatic heterocycles. The molecule has 1 aromatic carbocycles. The van der Waals surface area contributed by atoms with E-state index in [-0.39, 0.29) is 25.4 Å². The first-order valence-corrected chi connectivity index (χ1v) is 6.66. The van der Waals surface area contributed by atoms with Crippen LogP contribution in [-0.4, -0.2) is 37.7 Å². The summed E-state index contributed by atoms with van der Waals surface area (Å²) in [5.41, 5.74) is 0.750. The fourth-order valence-electron chi connectivity index (χ4n) is 1.60. The van der Waals surface area contributed by atoms with Crippen LogP contribution in [0.15, 0.2) is 24.3 Å². The maximum absolute atomic E-state index is 11.9. The van der Waals surface area contributed by atoms with E-state index in [1.165, 1.54) is 0 Å². The Morgan fingerprint density at radius 3 is 2.23 bits per heavy atom. The summed E-state index contributed by atoms with van der Waals surface area (Å²) in [6, 6.07) is 6.93. The van der Waals surface area contributed by atoms with Crippen LogP contribution in [0, 0.1) is 0 Å². The molecule has 0 saturated carbocycles. The Kier molecular flexibility index (Phi) is 6.68. The summed E-state index contributed by atoms with van der Waals surface area (Å²) in [4.78, 5) is 22.1. The Morgan fingerprint density at radius 1 is 1.09 bits per heavy atom. The van der Waals surface area contributed by atoms with E-state index in [1.54, 1.807) is 29.6 Å². The third-order valence-electron chi connectivity index (χ3n) is 2.59. The molecule has 0 spiro atoms. The monoisotopic (exact) mass is 318 g/mol. The molecule has 0 unspecified atom stereocenters. The lowest BCUT2D eigenvalue weighted by atomic mass is 10.1. The molecule has 2 amide bonds. The minimum Gasteiger partial charge on any atom is -0.494 e. The number of hydrogen-bond acceptors (Lipinski definition) is 3. The van der Waals surface area contributed by atoms with Gasteiger partial charge in [0, 0.05) is 13.1 Å². The van der Waals surface area contributed by atoms with Gasteiger partial charge >= 0.3 is 12.1 Å². The Hall–Kier alpha value is -2.25. The number of ether oxygens (including phenoxy) is 1. The standard InChI is InChI=1S/C14H17F3N2O3/c1-2-22-11-5-3-10(4-6-11)9-12(20)18-7-8-19-13(21)14(15,16)17/h3-6H,2,7-9H2,1H3,(H,18,20)(H,19,21). The van der Waals surface area contributed by atoms with Crippen LogP contribution in [0.5, 0.6) is 5.75 Å². The lowest BCUT2D eigenvalue weighted by Crippen LogP contribution is -2.41. The smallest absolute Gasteiger partial charge is 0.471 e. The molecule has 0 saturated heterocycles. The lowest BCUT2D eigenvalue weighted by molar-refractivity contribution is -0.173. The average molecular weight is 318 g/mol. The van der Waals surface area contributed by atoms with E-state index in [9.17, 15) is 22.8 Å². The molecule has 0 aliphatic rings. The van der Waals surface area contributed by atoms with Gasteiger partial charge in [-0.05, 0) is 24.6 Å². The van der Waals surface area contributed by atoms with E-state index in [4.69, 9.17) is 4.74 Å². The number of benzene rings is 1. The molecule has 2 N–H and O–H groups in total. The Morgan fingerprint density at radius 2 is 1.68 bits per heavy atom. The van der Waals surface area contributed by atoms with Gasteiger partial charge in [-0.3, -0.25) is 9.59 Å². The molecule has 0 fully saturated rings. The van der Waals surface area contributed by atoms with Crippen molar-refractivity contribution >= 4 is 11.8 Å². The van der Waals surface area contributed by atoms with Crippen LogP contribution in [0.1, 0.15) is 12.5 Å². The molecule has 5 nitrogen and oxygen atoms in total. The fourth-order valence-corrected chi connectivity index (χ4v) is 1.60. The van der Waals surface area contributed by atoms with Crippen LogP contribution < -0.4 is 15.4 Å². The number of nitrogens with one attached hydrogen (secondary N) is 2. The fraction of sp³-hybridized carbons (Fsp3) is 0.429. The molecule has 8 heteroatoms.